The first-order chi connectivity index (χ1) is 8.56. The van der Waals surface area contributed by atoms with Crippen LogP contribution < -0.4 is 10.5 Å². The predicted octanol–water partition coefficient (Wildman–Crippen LogP) is 1.28. The maximum absolute atomic E-state index is 12.1. The zero-order valence-corrected chi connectivity index (χ0v) is 10.4. The molecule has 0 aliphatic carbocycles. The van der Waals surface area contributed by atoms with Crippen LogP contribution >= 0.6 is 0 Å². The summed E-state index contributed by atoms with van der Waals surface area (Å²) in [7, 11) is -3.61. The van der Waals surface area contributed by atoms with Gasteiger partial charge in [0.25, 0.3) is 0 Å². The van der Waals surface area contributed by atoms with Gasteiger partial charge in [-0.25, -0.2) is 13.1 Å². The zero-order valence-electron chi connectivity index (χ0n) is 9.63. The number of hydrogen-bond acceptors (Lipinski definition) is 4. The lowest BCUT2D eigenvalue weighted by Gasteiger charge is -2.09. The molecule has 1 aromatic carbocycles. The third kappa shape index (κ3) is 2.20. The summed E-state index contributed by atoms with van der Waals surface area (Å²) in [5.74, 6) is 0. The summed E-state index contributed by atoms with van der Waals surface area (Å²) in [4.78, 5) is 4.21. The third-order valence-electron chi connectivity index (χ3n) is 2.47. The summed E-state index contributed by atoms with van der Waals surface area (Å²) in [5.41, 5.74) is 6.67. The summed E-state index contributed by atoms with van der Waals surface area (Å²) < 4.78 is 26.6. The summed E-state index contributed by atoms with van der Waals surface area (Å²) in [5, 5.41) is 0.624. The maximum atomic E-state index is 12.1. The van der Waals surface area contributed by atoms with Gasteiger partial charge in [-0.05, 0) is 24.3 Å². The van der Waals surface area contributed by atoms with E-state index in [1.807, 2.05) is 0 Å². The Kier molecular flexibility index (Phi) is 3.31. The molecule has 6 heteroatoms. The fourth-order valence-corrected chi connectivity index (χ4v) is 2.79. The minimum Gasteiger partial charge on any atom is -0.398 e. The largest absolute Gasteiger partial charge is 0.398 e. The lowest BCUT2D eigenvalue weighted by Crippen LogP contribution is -2.24. The number of fused-ring (bicyclic) bond motifs is 1. The van der Waals surface area contributed by atoms with E-state index in [0.717, 1.165) is 0 Å². The van der Waals surface area contributed by atoms with Crippen molar-refractivity contribution in [3.8, 4) is 0 Å². The van der Waals surface area contributed by atoms with Gasteiger partial charge in [0.1, 0.15) is 4.90 Å². The average Bonchev–Trinajstić information content (AvgIpc) is 2.37. The topological polar surface area (TPSA) is 85.1 Å². The molecule has 0 unspecified atom stereocenters. The number of hydrogen-bond donors (Lipinski definition) is 2. The van der Waals surface area contributed by atoms with Crippen LogP contribution in [0.4, 0.5) is 5.69 Å². The monoisotopic (exact) mass is 263 g/mol. The van der Waals surface area contributed by atoms with E-state index in [1.165, 1.54) is 18.3 Å². The van der Waals surface area contributed by atoms with Crippen LogP contribution in [0.3, 0.4) is 0 Å². The average molecular weight is 263 g/mol. The third-order valence-corrected chi connectivity index (χ3v) is 3.93. The normalized spacial score (nSPS) is 11.6. The first-order valence-corrected chi connectivity index (χ1v) is 6.78. The molecule has 0 bridgehead atoms. The van der Waals surface area contributed by atoms with Gasteiger partial charge in [0.2, 0.25) is 10.0 Å². The van der Waals surface area contributed by atoms with Gasteiger partial charge in [-0.1, -0.05) is 6.08 Å². The Hall–Kier alpha value is -1.92. The number of nitrogens with one attached hydrogen (secondary N) is 1. The van der Waals surface area contributed by atoms with Crippen LogP contribution in [-0.4, -0.2) is 19.9 Å². The summed E-state index contributed by atoms with van der Waals surface area (Å²) in [6.07, 6.45) is 3.01. The van der Waals surface area contributed by atoms with Gasteiger partial charge in [-0.15, -0.1) is 6.58 Å². The van der Waals surface area contributed by atoms with Gasteiger partial charge in [0.05, 0.1) is 5.52 Å². The molecule has 0 radical (unpaired) electrons. The van der Waals surface area contributed by atoms with Crippen molar-refractivity contribution < 1.29 is 8.42 Å². The van der Waals surface area contributed by atoms with Crippen LogP contribution in [0.1, 0.15) is 0 Å². The SMILES string of the molecule is C=CCNS(=O)(=O)c1ccc(N)c2cccnc12. The van der Waals surface area contributed by atoms with E-state index < -0.39 is 10.0 Å². The molecule has 0 atom stereocenters. The van der Waals surface area contributed by atoms with Crippen LogP contribution in [0, 0.1) is 0 Å². The summed E-state index contributed by atoms with van der Waals surface area (Å²) >= 11 is 0. The molecule has 0 aliphatic rings. The van der Waals surface area contributed by atoms with E-state index >= 15 is 0 Å². The molecule has 18 heavy (non-hydrogen) atoms. The molecule has 0 spiro atoms. The molecule has 2 aromatic rings. The molecule has 0 saturated heterocycles. The van der Waals surface area contributed by atoms with Gasteiger partial charge >= 0.3 is 0 Å². The molecule has 2 rings (SSSR count). The lowest BCUT2D eigenvalue weighted by atomic mass is 10.2. The van der Waals surface area contributed by atoms with Gasteiger partial charge < -0.3 is 5.73 Å². The molecule has 1 heterocycles. The number of anilines is 1. The molecular formula is C12H13N3O2S. The highest BCUT2D eigenvalue weighted by Gasteiger charge is 2.18. The standard InChI is InChI=1S/C12H13N3O2S/c1-2-7-15-18(16,17)11-6-5-10(13)9-4-3-8-14-12(9)11/h2-6,8,15H,1,7,13H2. The summed E-state index contributed by atoms with van der Waals surface area (Å²) in [6, 6.07) is 6.47. The number of benzene rings is 1. The fourth-order valence-electron chi connectivity index (χ4n) is 1.63. The lowest BCUT2D eigenvalue weighted by molar-refractivity contribution is 0.586. The maximum Gasteiger partial charge on any atom is 0.243 e. The van der Waals surface area contributed by atoms with E-state index in [1.54, 1.807) is 18.2 Å². The highest BCUT2D eigenvalue weighted by molar-refractivity contribution is 7.89. The Labute approximate surface area is 105 Å². The minimum atomic E-state index is -3.61. The van der Waals surface area contributed by atoms with Gasteiger partial charge in [0, 0.05) is 23.8 Å². The second-order valence-electron chi connectivity index (χ2n) is 3.69. The highest BCUT2D eigenvalue weighted by atomic mass is 32.2. The van der Waals surface area contributed by atoms with Crippen LogP contribution in [0.2, 0.25) is 0 Å². The van der Waals surface area contributed by atoms with E-state index in [-0.39, 0.29) is 11.4 Å². The first kappa shape index (κ1) is 12.5. The molecule has 0 amide bonds. The van der Waals surface area contributed by atoms with E-state index in [4.69, 9.17) is 5.73 Å². The molecule has 5 nitrogen and oxygen atoms in total. The van der Waals surface area contributed by atoms with Crippen LogP contribution in [0.15, 0.2) is 48.0 Å². The molecule has 0 saturated carbocycles. The van der Waals surface area contributed by atoms with E-state index in [2.05, 4.69) is 16.3 Å². The van der Waals surface area contributed by atoms with Crippen molar-refractivity contribution in [1.82, 2.24) is 9.71 Å². The van der Waals surface area contributed by atoms with Crippen LogP contribution in [0.25, 0.3) is 10.9 Å². The second kappa shape index (κ2) is 4.75. The van der Waals surface area contributed by atoms with Gasteiger partial charge in [0.15, 0.2) is 0 Å². The quantitative estimate of drug-likeness (QED) is 0.643. The predicted molar refractivity (Wildman–Crippen MR) is 71.5 cm³/mol. The molecule has 3 N–H and O–H groups in total. The Morgan fingerprint density at radius 2 is 2.17 bits per heavy atom. The van der Waals surface area contributed by atoms with E-state index in [0.29, 0.717) is 16.6 Å². The van der Waals surface area contributed by atoms with E-state index in [9.17, 15) is 8.42 Å². The van der Waals surface area contributed by atoms with Gasteiger partial charge in [-0.3, -0.25) is 4.98 Å². The number of nitrogen functional groups attached to an aromatic ring is 1. The Morgan fingerprint density at radius 3 is 2.89 bits per heavy atom. The smallest absolute Gasteiger partial charge is 0.243 e. The second-order valence-corrected chi connectivity index (χ2v) is 5.43. The number of sulfonamides is 1. The van der Waals surface area contributed by atoms with Gasteiger partial charge in [-0.2, -0.15) is 0 Å². The first-order valence-electron chi connectivity index (χ1n) is 5.30. The van der Waals surface area contributed by atoms with Crippen molar-refractivity contribution in [2.45, 2.75) is 4.90 Å². The number of aromatic nitrogens is 1. The van der Waals surface area contributed by atoms with Crippen molar-refractivity contribution >= 4 is 26.6 Å². The van der Waals surface area contributed by atoms with Crippen LogP contribution in [-0.2, 0) is 10.0 Å². The van der Waals surface area contributed by atoms with Crippen molar-refractivity contribution in [3.63, 3.8) is 0 Å². The Bertz CT molecular complexity index is 696. The number of nitrogens with zero attached hydrogens (tertiary/aromatic N) is 1. The molecular weight excluding hydrogens is 250 g/mol. The number of nitrogens with two attached hydrogens (primary N) is 1. The van der Waals surface area contributed by atoms with Crippen LogP contribution in [0.5, 0.6) is 0 Å². The van der Waals surface area contributed by atoms with Crippen molar-refractivity contribution in [1.29, 1.82) is 0 Å². The number of pyridine rings is 1. The zero-order chi connectivity index (χ0) is 13.2. The highest BCUT2D eigenvalue weighted by Crippen LogP contribution is 2.25. The fraction of sp³-hybridized carbons (Fsp3) is 0.0833. The minimum absolute atomic E-state index is 0.120. The molecule has 94 valence electrons. The van der Waals surface area contributed by atoms with Crippen molar-refractivity contribution in [2.75, 3.05) is 12.3 Å². The Balaban J connectivity index is 2.66. The number of rotatable bonds is 4. The van der Waals surface area contributed by atoms with Crippen molar-refractivity contribution in [3.05, 3.63) is 43.1 Å². The Morgan fingerprint density at radius 1 is 1.39 bits per heavy atom. The molecule has 0 fully saturated rings. The summed E-state index contributed by atoms with van der Waals surface area (Å²) in [6.45, 7) is 3.64. The molecule has 0 aliphatic heterocycles. The molecule has 1 aromatic heterocycles. The van der Waals surface area contributed by atoms with Crippen molar-refractivity contribution in [2.24, 2.45) is 0 Å².